The number of nitrogens with zero attached hydrogens (tertiary/aromatic N) is 1. The van der Waals surface area contributed by atoms with Crippen LogP contribution in [0.2, 0.25) is 0 Å². The van der Waals surface area contributed by atoms with E-state index >= 15 is 0 Å². The number of nitro benzene ring substituents is 1. The highest BCUT2D eigenvalue weighted by Gasteiger charge is 2.36. The summed E-state index contributed by atoms with van der Waals surface area (Å²) in [5, 5.41) is 14.9. The predicted molar refractivity (Wildman–Crippen MR) is 114 cm³/mol. The minimum absolute atomic E-state index is 0.0544. The number of ether oxygens (including phenoxy) is 1. The third-order valence-electron chi connectivity index (χ3n) is 6.64. The monoisotopic (exact) mass is 437 g/mol. The summed E-state index contributed by atoms with van der Waals surface area (Å²) in [4.78, 5) is 11.1. The number of anilines is 1. The summed E-state index contributed by atoms with van der Waals surface area (Å²) >= 11 is 0. The molecule has 0 bridgehead atoms. The molecule has 8 nitrogen and oxygen atoms in total. The van der Waals surface area contributed by atoms with Crippen molar-refractivity contribution in [3.05, 3.63) is 28.3 Å². The maximum absolute atomic E-state index is 12.8. The highest BCUT2D eigenvalue weighted by Crippen LogP contribution is 2.39. The van der Waals surface area contributed by atoms with Crippen LogP contribution >= 0.6 is 0 Å². The average molecular weight is 438 g/mol. The van der Waals surface area contributed by atoms with E-state index in [1.165, 1.54) is 31.0 Å². The van der Waals surface area contributed by atoms with E-state index in [0.717, 1.165) is 38.5 Å². The van der Waals surface area contributed by atoms with Gasteiger partial charge >= 0.3 is 0 Å². The molecule has 0 radical (unpaired) electrons. The number of nitro groups is 1. The van der Waals surface area contributed by atoms with Gasteiger partial charge in [0.15, 0.2) is 0 Å². The van der Waals surface area contributed by atoms with E-state index in [0.29, 0.717) is 24.1 Å². The fourth-order valence-corrected chi connectivity index (χ4v) is 5.92. The van der Waals surface area contributed by atoms with Gasteiger partial charge in [-0.2, -0.15) is 0 Å². The predicted octanol–water partition coefficient (Wildman–Crippen LogP) is 3.82. The molecule has 2 aliphatic carbocycles. The van der Waals surface area contributed by atoms with Crippen molar-refractivity contribution in [2.24, 2.45) is 11.8 Å². The lowest BCUT2D eigenvalue weighted by Crippen LogP contribution is -2.37. The van der Waals surface area contributed by atoms with Gasteiger partial charge in [-0.25, -0.2) is 13.1 Å². The van der Waals surface area contributed by atoms with Crippen LogP contribution in [0.1, 0.15) is 58.3 Å². The Hall–Kier alpha value is -1.71. The summed E-state index contributed by atoms with van der Waals surface area (Å²) in [6, 6.07) is 4.14. The number of sulfonamides is 1. The molecule has 0 spiro atoms. The average Bonchev–Trinajstić information content (AvgIpc) is 3.55. The Labute approximate surface area is 178 Å². The van der Waals surface area contributed by atoms with Crippen molar-refractivity contribution in [1.29, 1.82) is 0 Å². The number of nitrogens with one attached hydrogen (secondary N) is 2. The van der Waals surface area contributed by atoms with Crippen molar-refractivity contribution in [3.8, 4) is 0 Å². The lowest BCUT2D eigenvalue weighted by atomic mass is 9.88. The zero-order valence-electron chi connectivity index (χ0n) is 17.4. The molecule has 2 unspecified atom stereocenters. The largest absolute Gasteiger partial charge is 0.378 e. The summed E-state index contributed by atoms with van der Waals surface area (Å²) in [6.07, 6.45) is 7.78. The fraction of sp³-hybridized carbons (Fsp3) is 0.714. The second kappa shape index (κ2) is 8.80. The second-order valence-corrected chi connectivity index (χ2v) is 10.8. The van der Waals surface area contributed by atoms with Gasteiger partial charge in [-0.3, -0.25) is 10.1 Å². The van der Waals surface area contributed by atoms with Gasteiger partial charge in [0.25, 0.3) is 5.69 Å². The number of benzene rings is 1. The van der Waals surface area contributed by atoms with Gasteiger partial charge in [0, 0.05) is 24.8 Å². The summed E-state index contributed by atoms with van der Waals surface area (Å²) in [5.41, 5.74) is 0.163. The van der Waals surface area contributed by atoms with E-state index in [4.69, 9.17) is 4.74 Å². The zero-order chi connectivity index (χ0) is 21.3. The van der Waals surface area contributed by atoms with Gasteiger partial charge in [-0.05, 0) is 75.3 Å². The van der Waals surface area contributed by atoms with Crippen LogP contribution in [0, 0.1) is 22.0 Å². The van der Waals surface area contributed by atoms with E-state index in [9.17, 15) is 18.5 Å². The molecule has 1 heterocycles. The smallest absolute Gasteiger partial charge is 0.293 e. The highest BCUT2D eigenvalue weighted by atomic mass is 32.2. The quantitative estimate of drug-likeness (QED) is 0.496. The maximum Gasteiger partial charge on any atom is 0.293 e. The molecule has 1 saturated heterocycles. The first-order valence-electron chi connectivity index (χ1n) is 11.0. The van der Waals surface area contributed by atoms with Crippen LogP contribution in [0.5, 0.6) is 0 Å². The molecule has 2 atom stereocenters. The Kier molecular flexibility index (Phi) is 6.31. The summed E-state index contributed by atoms with van der Waals surface area (Å²) < 4.78 is 34.2. The minimum atomic E-state index is -3.80. The molecule has 30 heavy (non-hydrogen) atoms. The van der Waals surface area contributed by atoms with E-state index in [1.54, 1.807) is 0 Å². The molecule has 166 valence electrons. The number of hydrogen-bond acceptors (Lipinski definition) is 6. The molecule has 3 aliphatic rings. The standard InChI is InChI=1S/C21H31N3O5S/c1-14-2-6-16(7-3-14)23-30(27,28)18-8-9-19(20(13-18)24(25)26)22-17-10-11-29-21(12-17)15-4-5-15/h8-9,13-17,21-23H,2-7,10-12H2,1H3. The molecule has 9 heteroatoms. The third kappa shape index (κ3) is 5.12. The van der Waals surface area contributed by atoms with Gasteiger partial charge in [0.2, 0.25) is 10.0 Å². The molecule has 0 amide bonds. The number of hydrogen-bond donors (Lipinski definition) is 2. The Bertz CT molecular complexity index is 879. The lowest BCUT2D eigenvalue weighted by Gasteiger charge is -2.30. The maximum atomic E-state index is 12.8. The van der Waals surface area contributed by atoms with Crippen LogP contribution in [0.4, 0.5) is 11.4 Å². The van der Waals surface area contributed by atoms with Crippen LogP contribution in [0.3, 0.4) is 0 Å². The molecule has 1 aromatic rings. The molecular weight excluding hydrogens is 406 g/mol. The molecule has 0 aromatic heterocycles. The Morgan fingerprint density at radius 2 is 1.80 bits per heavy atom. The molecule has 1 aromatic carbocycles. The first kappa shape index (κ1) is 21.5. The van der Waals surface area contributed by atoms with Crippen molar-refractivity contribution >= 4 is 21.4 Å². The fourth-order valence-electron chi connectivity index (χ4n) is 4.59. The minimum Gasteiger partial charge on any atom is -0.378 e. The molecule has 2 N–H and O–H groups in total. The van der Waals surface area contributed by atoms with Crippen molar-refractivity contribution in [2.45, 2.75) is 81.4 Å². The summed E-state index contributed by atoms with van der Waals surface area (Å²) in [7, 11) is -3.80. The Balaban J connectivity index is 1.47. The SMILES string of the molecule is CC1CCC(NS(=O)(=O)c2ccc(NC3CCOC(C4CC4)C3)c([N+](=O)[O-])c2)CC1. The van der Waals surface area contributed by atoms with Crippen LogP contribution in [-0.4, -0.2) is 38.1 Å². The Morgan fingerprint density at radius 3 is 2.47 bits per heavy atom. The molecule has 4 rings (SSSR count). The van der Waals surface area contributed by atoms with E-state index < -0.39 is 14.9 Å². The molecule has 3 fully saturated rings. The van der Waals surface area contributed by atoms with Crippen molar-refractivity contribution in [3.63, 3.8) is 0 Å². The zero-order valence-corrected chi connectivity index (χ0v) is 18.2. The van der Waals surface area contributed by atoms with E-state index in [1.807, 2.05) is 0 Å². The molecule has 2 saturated carbocycles. The third-order valence-corrected chi connectivity index (χ3v) is 8.15. The topological polar surface area (TPSA) is 111 Å². The van der Waals surface area contributed by atoms with Crippen LogP contribution in [-0.2, 0) is 14.8 Å². The number of rotatable bonds is 7. The van der Waals surface area contributed by atoms with Gasteiger partial charge in [-0.1, -0.05) is 6.92 Å². The normalized spacial score (nSPS) is 30.0. The lowest BCUT2D eigenvalue weighted by molar-refractivity contribution is -0.384. The van der Waals surface area contributed by atoms with Crippen molar-refractivity contribution in [2.75, 3.05) is 11.9 Å². The van der Waals surface area contributed by atoms with Crippen LogP contribution in [0.25, 0.3) is 0 Å². The summed E-state index contributed by atoms with van der Waals surface area (Å²) in [5.74, 6) is 1.23. The summed E-state index contributed by atoms with van der Waals surface area (Å²) in [6.45, 7) is 2.81. The molecule has 1 aliphatic heterocycles. The second-order valence-electron chi connectivity index (χ2n) is 9.13. The first-order valence-corrected chi connectivity index (χ1v) is 12.5. The van der Waals surface area contributed by atoms with Gasteiger partial charge in [0.1, 0.15) is 5.69 Å². The van der Waals surface area contributed by atoms with Crippen molar-refractivity contribution < 1.29 is 18.1 Å². The highest BCUT2D eigenvalue weighted by molar-refractivity contribution is 7.89. The van der Waals surface area contributed by atoms with Crippen LogP contribution in [0.15, 0.2) is 23.1 Å². The first-order chi connectivity index (χ1) is 14.3. The molecular formula is C21H31N3O5S. The van der Waals surface area contributed by atoms with E-state index in [2.05, 4.69) is 17.0 Å². The Morgan fingerprint density at radius 1 is 1.07 bits per heavy atom. The van der Waals surface area contributed by atoms with Gasteiger partial charge in [0.05, 0.1) is 15.9 Å². The van der Waals surface area contributed by atoms with Crippen LogP contribution < -0.4 is 10.0 Å². The van der Waals surface area contributed by atoms with E-state index in [-0.39, 0.29) is 28.8 Å². The van der Waals surface area contributed by atoms with Gasteiger partial charge in [-0.15, -0.1) is 0 Å². The van der Waals surface area contributed by atoms with Crippen molar-refractivity contribution in [1.82, 2.24) is 4.72 Å². The van der Waals surface area contributed by atoms with Gasteiger partial charge < -0.3 is 10.1 Å².